The predicted octanol–water partition coefficient (Wildman–Crippen LogP) is 3.33. The lowest BCUT2D eigenvalue weighted by molar-refractivity contribution is -0.132. The Morgan fingerprint density at radius 2 is 2.11 bits per heavy atom. The van der Waals surface area contributed by atoms with Crippen LogP contribution in [0, 0.1) is 0 Å². The Balaban J connectivity index is 1.99. The van der Waals surface area contributed by atoms with Crippen LogP contribution in [-0.4, -0.2) is 20.9 Å². The third-order valence-electron chi connectivity index (χ3n) is 3.27. The van der Waals surface area contributed by atoms with Gasteiger partial charge >= 0.3 is 5.38 Å². The first-order valence-corrected chi connectivity index (χ1v) is 6.48. The molecule has 1 aromatic heterocycles. The molecule has 1 aromatic rings. The van der Waals surface area contributed by atoms with E-state index in [1.54, 1.807) is 16.9 Å². The summed E-state index contributed by atoms with van der Waals surface area (Å²) >= 11 is 4.67. The Morgan fingerprint density at radius 1 is 1.44 bits per heavy atom. The number of ketones is 1. The summed E-state index contributed by atoms with van der Waals surface area (Å²) in [6.45, 7) is 0. The van der Waals surface area contributed by atoms with E-state index in [1.807, 2.05) is 0 Å². The predicted molar refractivity (Wildman–Crippen MR) is 63.9 cm³/mol. The molecule has 1 heterocycles. The number of carbonyl (C=O) groups is 1. The maximum atomic E-state index is 12.5. The maximum absolute atomic E-state index is 12.5. The average molecular weight is 277 g/mol. The molecule has 18 heavy (non-hydrogen) atoms. The van der Waals surface area contributed by atoms with Gasteiger partial charge < -0.3 is 0 Å². The molecule has 0 radical (unpaired) electrons. The van der Waals surface area contributed by atoms with E-state index in [2.05, 4.69) is 16.7 Å². The Morgan fingerprint density at radius 3 is 2.72 bits per heavy atom. The molecule has 1 aliphatic rings. The second-order valence-corrected chi connectivity index (χ2v) is 5.15. The molecule has 0 N–H and O–H groups in total. The van der Waals surface area contributed by atoms with Gasteiger partial charge in [-0.15, -0.1) is 0 Å². The Kier molecular flexibility index (Phi) is 4.00. The smallest absolute Gasteiger partial charge is 0.291 e. The minimum atomic E-state index is -3.80. The fourth-order valence-corrected chi connectivity index (χ4v) is 2.35. The SMILES string of the molecule is O=C(Cc1ccn(C2CCCCC2)n1)C(F)(F)Cl. The van der Waals surface area contributed by atoms with Crippen molar-refractivity contribution in [2.45, 2.75) is 49.9 Å². The van der Waals surface area contributed by atoms with E-state index >= 15 is 0 Å². The summed E-state index contributed by atoms with van der Waals surface area (Å²) in [6, 6.07) is 1.94. The third-order valence-corrected chi connectivity index (χ3v) is 3.48. The molecule has 0 spiro atoms. The molecule has 0 bridgehead atoms. The van der Waals surface area contributed by atoms with Crippen molar-refractivity contribution in [3.63, 3.8) is 0 Å². The number of hydrogen-bond acceptors (Lipinski definition) is 2. The van der Waals surface area contributed by atoms with E-state index in [1.165, 1.54) is 19.3 Å². The third kappa shape index (κ3) is 3.28. The first kappa shape index (κ1) is 13.5. The summed E-state index contributed by atoms with van der Waals surface area (Å²) in [5.74, 6) is -1.31. The van der Waals surface area contributed by atoms with Gasteiger partial charge in [0.05, 0.1) is 18.2 Å². The molecule has 3 nitrogen and oxygen atoms in total. The molecule has 6 heteroatoms. The molecule has 1 saturated carbocycles. The average Bonchev–Trinajstić information content (AvgIpc) is 2.77. The van der Waals surface area contributed by atoms with Crippen molar-refractivity contribution >= 4 is 17.4 Å². The minimum Gasteiger partial charge on any atom is -0.291 e. The number of rotatable bonds is 4. The Bertz CT molecular complexity index is 422. The highest BCUT2D eigenvalue weighted by atomic mass is 35.5. The van der Waals surface area contributed by atoms with E-state index in [9.17, 15) is 13.6 Å². The summed E-state index contributed by atoms with van der Waals surface area (Å²) in [6.07, 6.45) is 7.02. The highest BCUT2D eigenvalue weighted by Gasteiger charge is 2.35. The van der Waals surface area contributed by atoms with Crippen LogP contribution in [0.5, 0.6) is 0 Å². The van der Waals surface area contributed by atoms with Crippen molar-refractivity contribution in [1.82, 2.24) is 9.78 Å². The second-order valence-electron chi connectivity index (χ2n) is 4.68. The first-order chi connectivity index (χ1) is 8.47. The molecule has 0 atom stereocenters. The maximum Gasteiger partial charge on any atom is 0.380 e. The zero-order valence-corrected chi connectivity index (χ0v) is 10.7. The summed E-state index contributed by atoms with van der Waals surface area (Å²) in [5.41, 5.74) is 0.353. The topological polar surface area (TPSA) is 34.9 Å². The van der Waals surface area contributed by atoms with Crippen molar-refractivity contribution in [3.8, 4) is 0 Å². The summed E-state index contributed by atoms with van der Waals surface area (Å²) < 4.78 is 26.9. The normalized spacial score (nSPS) is 17.9. The van der Waals surface area contributed by atoms with Crippen LogP contribution >= 0.6 is 11.6 Å². The van der Waals surface area contributed by atoms with E-state index < -0.39 is 17.6 Å². The first-order valence-electron chi connectivity index (χ1n) is 6.11. The van der Waals surface area contributed by atoms with Crippen molar-refractivity contribution in [2.24, 2.45) is 0 Å². The van der Waals surface area contributed by atoms with Gasteiger partial charge in [0.15, 0.2) is 0 Å². The van der Waals surface area contributed by atoms with Gasteiger partial charge in [0.2, 0.25) is 5.78 Å². The van der Waals surface area contributed by atoms with Crippen LogP contribution < -0.4 is 0 Å². The minimum absolute atomic E-state index is 0.333. The molecule has 1 fully saturated rings. The molecule has 100 valence electrons. The molecular weight excluding hydrogens is 262 g/mol. The number of halogens is 3. The number of aromatic nitrogens is 2. The summed E-state index contributed by atoms with van der Waals surface area (Å²) in [4.78, 5) is 11.1. The van der Waals surface area contributed by atoms with E-state index in [4.69, 9.17) is 0 Å². The van der Waals surface area contributed by atoms with Gasteiger partial charge in [0.25, 0.3) is 0 Å². The molecule has 0 amide bonds. The molecule has 0 aliphatic heterocycles. The van der Waals surface area contributed by atoms with E-state index in [-0.39, 0.29) is 0 Å². The zero-order valence-electron chi connectivity index (χ0n) is 9.91. The van der Waals surface area contributed by atoms with Crippen LogP contribution in [0.4, 0.5) is 8.78 Å². The number of carbonyl (C=O) groups excluding carboxylic acids is 1. The fraction of sp³-hybridized carbons (Fsp3) is 0.667. The molecular formula is C12H15ClF2N2O. The lowest BCUT2D eigenvalue weighted by Crippen LogP contribution is -2.23. The standard InChI is InChI=1S/C12H15ClF2N2O/c13-12(14,15)11(18)8-9-6-7-17(16-9)10-4-2-1-3-5-10/h6-7,10H,1-5,8H2. The number of Topliss-reactive ketones (excluding diaryl/α,β-unsaturated/α-hetero) is 1. The highest BCUT2D eigenvalue weighted by molar-refractivity contribution is 6.32. The van der Waals surface area contributed by atoms with Crippen molar-refractivity contribution < 1.29 is 13.6 Å². The zero-order chi connectivity index (χ0) is 13.2. The quantitative estimate of drug-likeness (QED) is 0.791. The molecule has 0 saturated heterocycles. The van der Waals surface area contributed by atoms with Crippen LogP contribution in [0.3, 0.4) is 0 Å². The van der Waals surface area contributed by atoms with Crippen LogP contribution in [0.1, 0.15) is 43.8 Å². The monoisotopic (exact) mass is 276 g/mol. The number of hydrogen-bond donors (Lipinski definition) is 0. The lowest BCUT2D eigenvalue weighted by atomic mass is 9.96. The largest absolute Gasteiger partial charge is 0.380 e. The summed E-state index contributed by atoms with van der Waals surface area (Å²) in [7, 11) is 0. The van der Waals surface area contributed by atoms with Crippen molar-refractivity contribution in [3.05, 3.63) is 18.0 Å². The van der Waals surface area contributed by atoms with Crippen molar-refractivity contribution in [2.75, 3.05) is 0 Å². The van der Waals surface area contributed by atoms with Crippen LogP contribution in [0.15, 0.2) is 12.3 Å². The fourth-order valence-electron chi connectivity index (χ4n) is 2.29. The van der Waals surface area contributed by atoms with Gasteiger partial charge in [0, 0.05) is 6.20 Å². The molecule has 1 aliphatic carbocycles. The van der Waals surface area contributed by atoms with E-state index in [0.29, 0.717) is 11.7 Å². The van der Waals surface area contributed by atoms with E-state index in [0.717, 1.165) is 12.8 Å². The number of alkyl halides is 3. The Hall–Kier alpha value is -0.970. The lowest BCUT2D eigenvalue weighted by Gasteiger charge is -2.21. The van der Waals surface area contributed by atoms with Crippen LogP contribution in [0.25, 0.3) is 0 Å². The number of nitrogens with zero attached hydrogens (tertiary/aromatic N) is 2. The van der Waals surface area contributed by atoms with Gasteiger partial charge in [0.1, 0.15) is 0 Å². The van der Waals surface area contributed by atoms with Gasteiger partial charge in [-0.05, 0) is 30.5 Å². The molecule has 0 unspecified atom stereocenters. The summed E-state index contributed by atoms with van der Waals surface area (Å²) in [5, 5.41) is 0.394. The highest BCUT2D eigenvalue weighted by Crippen LogP contribution is 2.28. The van der Waals surface area contributed by atoms with Gasteiger partial charge in [-0.3, -0.25) is 9.48 Å². The van der Waals surface area contributed by atoms with Gasteiger partial charge in [-0.1, -0.05) is 19.3 Å². The Labute approximate surface area is 109 Å². The van der Waals surface area contributed by atoms with Crippen molar-refractivity contribution in [1.29, 1.82) is 0 Å². The van der Waals surface area contributed by atoms with Gasteiger partial charge in [-0.2, -0.15) is 13.9 Å². The van der Waals surface area contributed by atoms with Crippen LogP contribution in [-0.2, 0) is 11.2 Å². The second kappa shape index (κ2) is 5.34. The van der Waals surface area contributed by atoms with Gasteiger partial charge in [-0.25, -0.2) is 0 Å². The van der Waals surface area contributed by atoms with Crippen LogP contribution in [0.2, 0.25) is 0 Å². The molecule has 2 rings (SSSR count). The molecule has 0 aromatic carbocycles.